The van der Waals surface area contributed by atoms with Crippen LogP contribution < -0.4 is 10.6 Å². The van der Waals surface area contributed by atoms with Crippen molar-refractivity contribution in [1.82, 2.24) is 15.1 Å². The normalized spacial score (nSPS) is 10.2. The van der Waals surface area contributed by atoms with Crippen molar-refractivity contribution in [1.29, 1.82) is 0 Å². The molecule has 1 amide bonds. The van der Waals surface area contributed by atoms with Crippen LogP contribution in [0, 0.1) is 0 Å². The fourth-order valence-corrected chi connectivity index (χ4v) is 1.74. The van der Waals surface area contributed by atoms with E-state index in [0.717, 1.165) is 18.8 Å². The van der Waals surface area contributed by atoms with E-state index in [4.69, 9.17) is 12.2 Å². The van der Waals surface area contributed by atoms with E-state index in [1.54, 1.807) is 31.1 Å². The van der Waals surface area contributed by atoms with Crippen LogP contribution in [0.3, 0.4) is 0 Å². The van der Waals surface area contributed by atoms with Gasteiger partial charge in [-0.25, -0.2) is 0 Å². The fourth-order valence-electron chi connectivity index (χ4n) is 1.52. The first-order chi connectivity index (χ1) is 9.40. The summed E-state index contributed by atoms with van der Waals surface area (Å²) in [6.07, 6.45) is 0. The van der Waals surface area contributed by atoms with Gasteiger partial charge >= 0.3 is 0 Å². The molecule has 0 heterocycles. The Morgan fingerprint density at radius 1 is 1.15 bits per heavy atom. The number of hydrogen-bond acceptors (Lipinski definition) is 3. The highest BCUT2D eigenvalue weighted by atomic mass is 32.1. The molecule has 0 bridgehead atoms. The average molecular weight is 294 g/mol. The van der Waals surface area contributed by atoms with Crippen LogP contribution in [0.15, 0.2) is 24.3 Å². The Labute approximate surface area is 125 Å². The molecule has 6 heteroatoms. The van der Waals surface area contributed by atoms with Crippen molar-refractivity contribution in [3.8, 4) is 0 Å². The second-order valence-corrected chi connectivity index (χ2v) is 5.37. The molecule has 0 aliphatic heterocycles. The second kappa shape index (κ2) is 7.81. The summed E-state index contributed by atoms with van der Waals surface area (Å²) in [7, 11) is 7.49. The number of nitrogens with zero attached hydrogens (tertiary/aromatic N) is 2. The molecule has 2 N–H and O–H groups in total. The molecule has 1 aromatic carbocycles. The molecule has 0 unspecified atom stereocenters. The predicted molar refractivity (Wildman–Crippen MR) is 87.2 cm³/mol. The molecule has 1 aromatic rings. The first kappa shape index (κ1) is 16.4. The lowest BCUT2D eigenvalue weighted by atomic mass is 10.2. The highest BCUT2D eigenvalue weighted by molar-refractivity contribution is 7.80. The smallest absolute Gasteiger partial charge is 0.253 e. The van der Waals surface area contributed by atoms with E-state index in [1.165, 1.54) is 0 Å². The molecule has 0 atom stereocenters. The minimum Gasteiger partial charge on any atom is -0.361 e. The van der Waals surface area contributed by atoms with Gasteiger partial charge in [-0.3, -0.25) is 4.79 Å². The standard InChI is InChI=1S/C14H22N4OS/c1-17(2)10-9-15-14(20)16-12-7-5-11(6-8-12)13(19)18(3)4/h5-8H,9-10H2,1-4H3,(H2,15,16,20). The number of carbonyl (C=O) groups excluding carboxylic acids is 1. The van der Waals surface area contributed by atoms with Crippen LogP contribution in [0.4, 0.5) is 5.69 Å². The molecular weight excluding hydrogens is 272 g/mol. The number of likely N-dealkylation sites (N-methyl/N-ethyl adjacent to an activating group) is 1. The third-order valence-electron chi connectivity index (χ3n) is 2.64. The van der Waals surface area contributed by atoms with Gasteiger partial charge < -0.3 is 20.4 Å². The quantitative estimate of drug-likeness (QED) is 0.800. The summed E-state index contributed by atoms with van der Waals surface area (Å²) in [5.41, 5.74) is 1.52. The SMILES string of the molecule is CN(C)CCNC(=S)Nc1ccc(C(=O)N(C)C)cc1. The van der Waals surface area contributed by atoms with Crippen LogP contribution in [0.1, 0.15) is 10.4 Å². The van der Waals surface area contributed by atoms with E-state index in [-0.39, 0.29) is 5.91 Å². The highest BCUT2D eigenvalue weighted by Gasteiger charge is 2.07. The van der Waals surface area contributed by atoms with Gasteiger partial charge in [0.25, 0.3) is 5.91 Å². The van der Waals surface area contributed by atoms with Crippen LogP contribution in [-0.2, 0) is 0 Å². The third-order valence-corrected chi connectivity index (χ3v) is 2.89. The summed E-state index contributed by atoms with van der Waals surface area (Å²) in [6, 6.07) is 7.26. The zero-order valence-corrected chi connectivity index (χ0v) is 13.3. The Hall–Kier alpha value is -1.66. The summed E-state index contributed by atoms with van der Waals surface area (Å²) in [5, 5.41) is 6.79. The van der Waals surface area contributed by atoms with Crippen molar-refractivity contribution in [3.63, 3.8) is 0 Å². The van der Waals surface area contributed by atoms with E-state index < -0.39 is 0 Å². The number of hydrogen-bond donors (Lipinski definition) is 2. The van der Waals surface area contributed by atoms with Crippen LogP contribution in [0.5, 0.6) is 0 Å². The lowest BCUT2D eigenvalue weighted by Crippen LogP contribution is -2.34. The summed E-state index contributed by atoms with van der Waals surface area (Å²) in [4.78, 5) is 15.4. The largest absolute Gasteiger partial charge is 0.361 e. The van der Waals surface area contributed by atoms with Gasteiger partial charge in [-0.1, -0.05) is 0 Å². The number of anilines is 1. The molecule has 1 rings (SSSR count). The Balaban J connectivity index is 2.49. The Bertz CT molecular complexity index is 457. The van der Waals surface area contributed by atoms with E-state index in [9.17, 15) is 4.79 Å². The number of carbonyl (C=O) groups is 1. The van der Waals surface area contributed by atoms with Crippen molar-refractivity contribution in [2.45, 2.75) is 0 Å². The van der Waals surface area contributed by atoms with Crippen LogP contribution in [-0.4, -0.2) is 62.1 Å². The number of amides is 1. The molecular formula is C14H22N4OS. The summed E-state index contributed by atoms with van der Waals surface area (Å²) in [5.74, 6) is -0.0109. The van der Waals surface area contributed by atoms with Crippen LogP contribution in [0.2, 0.25) is 0 Å². The molecule has 0 saturated heterocycles. The third kappa shape index (κ3) is 5.54. The molecule has 0 aromatic heterocycles. The number of nitrogens with one attached hydrogen (secondary N) is 2. The minimum absolute atomic E-state index is 0.0109. The van der Waals surface area contributed by atoms with Gasteiger partial charge in [-0.05, 0) is 50.6 Å². The van der Waals surface area contributed by atoms with E-state index >= 15 is 0 Å². The van der Waals surface area contributed by atoms with E-state index in [0.29, 0.717) is 10.7 Å². The fraction of sp³-hybridized carbons (Fsp3) is 0.429. The van der Waals surface area contributed by atoms with Crippen LogP contribution in [0.25, 0.3) is 0 Å². The van der Waals surface area contributed by atoms with Crippen molar-refractivity contribution in [3.05, 3.63) is 29.8 Å². The number of thiocarbonyl (C=S) groups is 1. The summed E-state index contributed by atoms with van der Waals surface area (Å²) in [6.45, 7) is 1.70. The Morgan fingerprint density at radius 2 is 1.75 bits per heavy atom. The molecule has 0 fully saturated rings. The van der Waals surface area contributed by atoms with Crippen molar-refractivity contribution in [2.75, 3.05) is 46.6 Å². The number of benzene rings is 1. The lowest BCUT2D eigenvalue weighted by molar-refractivity contribution is 0.0827. The molecule has 20 heavy (non-hydrogen) atoms. The zero-order chi connectivity index (χ0) is 15.1. The van der Waals surface area contributed by atoms with Gasteiger partial charge in [-0.2, -0.15) is 0 Å². The molecule has 0 saturated carbocycles. The monoisotopic (exact) mass is 294 g/mol. The van der Waals surface area contributed by atoms with Gasteiger partial charge in [0, 0.05) is 38.4 Å². The molecule has 5 nitrogen and oxygen atoms in total. The maximum Gasteiger partial charge on any atom is 0.253 e. The van der Waals surface area contributed by atoms with E-state index in [2.05, 4.69) is 15.5 Å². The molecule has 0 radical (unpaired) electrons. The van der Waals surface area contributed by atoms with Crippen molar-refractivity contribution in [2.24, 2.45) is 0 Å². The predicted octanol–water partition coefficient (Wildman–Crippen LogP) is 1.24. The zero-order valence-electron chi connectivity index (χ0n) is 12.4. The Morgan fingerprint density at radius 3 is 2.25 bits per heavy atom. The summed E-state index contributed by atoms with van der Waals surface area (Å²) < 4.78 is 0. The first-order valence-electron chi connectivity index (χ1n) is 6.41. The highest BCUT2D eigenvalue weighted by Crippen LogP contribution is 2.10. The maximum atomic E-state index is 11.7. The topological polar surface area (TPSA) is 47.6 Å². The Kier molecular flexibility index (Phi) is 6.41. The lowest BCUT2D eigenvalue weighted by Gasteiger charge is -2.14. The van der Waals surface area contributed by atoms with Crippen molar-refractivity contribution >= 4 is 28.9 Å². The second-order valence-electron chi connectivity index (χ2n) is 4.96. The molecule has 110 valence electrons. The molecule has 0 spiro atoms. The van der Waals surface area contributed by atoms with Crippen LogP contribution >= 0.6 is 12.2 Å². The molecule has 0 aliphatic carbocycles. The van der Waals surface area contributed by atoms with E-state index in [1.807, 2.05) is 26.2 Å². The first-order valence-corrected chi connectivity index (χ1v) is 6.82. The number of rotatable bonds is 5. The molecule has 0 aliphatic rings. The van der Waals surface area contributed by atoms with Gasteiger partial charge in [0.1, 0.15) is 0 Å². The van der Waals surface area contributed by atoms with Gasteiger partial charge in [0.05, 0.1) is 0 Å². The summed E-state index contributed by atoms with van der Waals surface area (Å²) >= 11 is 5.20. The minimum atomic E-state index is -0.0109. The maximum absolute atomic E-state index is 11.7. The van der Waals surface area contributed by atoms with Gasteiger partial charge in [0.2, 0.25) is 0 Å². The average Bonchev–Trinajstić information content (AvgIpc) is 2.38. The van der Waals surface area contributed by atoms with Gasteiger partial charge in [-0.15, -0.1) is 0 Å². The van der Waals surface area contributed by atoms with Crippen molar-refractivity contribution < 1.29 is 4.79 Å². The van der Waals surface area contributed by atoms with Gasteiger partial charge in [0.15, 0.2) is 5.11 Å².